The van der Waals surface area contributed by atoms with Crippen molar-refractivity contribution in [3.8, 4) is 11.5 Å². The van der Waals surface area contributed by atoms with Crippen LogP contribution in [0.3, 0.4) is 0 Å². The van der Waals surface area contributed by atoms with Gasteiger partial charge in [0.15, 0.2) is 0 Å². The third-order valence-corrected chi connectivity index (χ3v) is 5.88. The molecule has 0 saturated carbocycles. The number of rotatable bonds is 4. The van der Waals surface area contributed by atoms with Gasteiger partial charge >= 0.3 is 5.97 Å². The second kappa shape index (κ2) is 7.15. The number of hydrogen-bond donors (Lipinski definition) is 1. The highest BCUT2D eigenvalue weighted by molar-refractivity contribution is 5.97. The summed E-state index contributed by atoms with van der Waals surface area (Å²) in [4.78, 5) is 28.9. The van der Waals surface area contributed by atoms with Crippen LogP contribution in [0.15, 0.2) is 18.2 Å². The van der Waals surface area contributed by atoms with Crippen molar-refractivity contribution in [1.29, 1.82) is 0 Å². The molecule has 2 heterocycles. The van der Waals surface area contributed by atoms with Crippen LogP contribution in [0, 0.1) is 5.41 Å². The lowest BCUT2D eigenvalue weighted by Crippen LogP contribution is -2.63. The second-order valence-corrected chi connectivity index (χ2v) is 7.13. The van der Waals surface area contributed by atoms with Gasteiger partial charge in [-0.3, -0.25) is 9.59 Å². The van der Waals surface area contributed by atoms with Crippen LogP contribution in [-0.2, 0) is 4.79 Å². The minimum absolute atomic E-state index is 0.137. The molecule has 2 aliphatic rings. The fraction of sp³-hybridized carbons (Fsp3) is 0.579. The summed E-state index contributed by atoms with van der Waals surface area (Å²) in [6, 6.07) is 4.94. The molecule has 1 aromatic carbocycles. The third kappa shape index (κ3) is 3.00. The van der Waals surface area contributed by atoms with Gasteiger partial charge in [-0.1, -0.05) is 0 Å². The summed E-state index contributed by atoms with van der Waals surface area (Å²) in [7, 11) is 5.03. The van der Waals surface area contributed by atoms with Crippen LogP contribution in [0.2, 0.25) is 0 Å². The third-order valence-electron chi connectivity index (χ3n) is 5.88. The van der Waals surface area contributed by atoms with E-state index in [1.165, 1.54) is 7.11 Å². The molecule has 2 saturated heterocycles. The first-order valence-corrected chi connectivity index (χ1v) is 8.88. The number of carboxylic acids is 1. The second-order valence-electron chi connectivity index (χ2n) is 7.13. The molecule has 0 spiro atoms. The molecule has 1 N–H and O–H groups in total. The van der Waals surface area contributed by atoms with Crippen LogP contribution in [0.5, 0.6) is 11.5 Å². The highest BCUT2D eigenvalue weighted by Gasteiger charge is 2.52. The van der Waals surface area contributed by atoms with Crippen molar-refractivity contribution in [2.75, 3.05) is 40.9 Å². The molecule has 0 unspecified atom stereocenters. The molecule has 0 aliphatic carbocycles. The number of likely N-dealkylation sites (N-methyl/N-ethyl adjacent to an activating group) is 1. The molecule has 3 rings (SSSR count). The van der Waals surface area contributed by atoms with E-state index in [1.807, 2.05) is 7.05 Å². The van der Waals surface area contributed by atoms with Crippen LogP contribution < -0.4 is 9.47 Å². The van der Waals surface area contributed by atoms with Gasteiger partial charge in [0.1, 0.15) is 11.5 Å². The van der Waals surface area contributed by atoms with Gasteiger partial charge in [0, 0.05) is 25.2 Å². The number of benzene rings is 1. The van der Waals surface area contributed by atoms with Crippen molar-refractivity contribution < 1.29 is 24.2 Å². The van der Waals surface area contributed by atoms with Crippen LogP contribution in [0.25, 0.3) is 0 Å². The number of nitrogens with zero attached hydrogens (tertiary/aromatic N) is 2. The largest absolute Gasteiger partial charge is 0.497 e. The molecule has 1 amide bonds. The summed E-state index contributed by atoms with van der Waals surface area (Å²) >= 11 is 0. The van der Waals surface area contributed by atoms with E-state index in [1.54, 1.807) is 30.2 Å². The monoisotopic (exact) mass is 362 g/mol. The lowest BCUT2D eigenvalue weighted by Gasteiger charge is -2.51. The lowest BCUT2D eigenvalue weighted by atomic mass is 9.68. The average Bonchev–Trinajstić information content (AvgIpc) is 2.66. The van der Waals surface area contributed by atoms with E-state index in [-0.39, 0.29) is 11.9 Å². The molecule has 2 aliphatic heterocycles. The maximum Gasteiger partial charge on any atom is 0.311 e. The van der Waals surface area contributed by atoms with Gasteiger partial charge in [-0.25, -0.2) is 0 Å². The summed E-state index contributed by atoms with van der Waals surface area (Å²) in [5, 5.41) is 9.86. The molecular formula is C19H26N2O5. The average molecular weight is 362 g/mol. The van der Waals surface area contributed by atoms with Crippen molar-refractivity contribution >= 4 is 11.9 Å². The predicted octanol–water partition coefficient (Wildman–Crippen LogP) is 1.71. The lowest BCUT2D eigenvalue weighted by molar-refractivity contribution is -0.161. The van der Waals surface area contributed by atoms with Crippen LogP contribution in [-0.4, -0.2) is 73.7 Å². The number of fused-ring (bicyclic) bond motifs is 1. The van der Waals surface area contributed by atoms with E-state index in [9.17, 15) is 14.7 Å². The fourth-order valence-corrected chi connectivity index (χ4v) is 4.31. The first-order chi connectivity index (χ1) is 12.4. The van der Waals surface area contributed by atoms with E-state index in [0.717, 1.165) is 13.0 Å². The van der Waals surface area contributed by atoms with E-state index < -0.39 is 11.4 Å². The summed E-state index contributed by atoms with van der Waals surface area (Å²) in [5.41, 5.74) is -0.289. The molecule has 26 heavy (non-hydrogen) atoms. The smallest absolute Gasteiger partial charge is 0.311 e. The molecule has 1 aromatic rings. The van der Waals surface area contributed by atoms with Crippen molar-refractivity contribution in [3.63, 3.8) is 0 Å². The maximum absolute atomic E-state index is 13.1. The number of piperidine rings is 2. The summed E-state index contributed by atoms with van der Waals surface area (Å²) in [6.07, 6.45) is 2.02. The summed E-state index contributed by atoms with van der Waals surface area (Å²) in [5.74, 6) is 0.195. The topological polar surface area (TPSA) is 79.3 Å². The zero-order valence-electron chi connectivity index (χ0n) is 15.5. The number of carbonyl (C=O) groups is 2. The minimum Gasteiger partial charge on any atom is -0.497 e. The van der Waals surface area contributed by atoms with E-state index >= 15 is 0 Å². The molecule has 2 atom stereocenters. The number of carboxylic acid groups (broad SMARTS) is 1. The highest BCUT2D eigenvalue weighted by Crippen LogP contribution is 2.42. The Hall–Kier alpha value is -2.28. The zero-order valence-corrected chi connectivity index (χ0v) is 15.5. The Bertz CT molecular complexity index is 707. The Kier molecular flexibility index (Phi) is 5.09. The molecule has 0 aromatic heterocycles. The molecule has 142 valence electrons. The van der Waals surface area contributed by atoms with Gasteiger partial charge in [0.05, 0.1) is 25.2 Å². The first-order valence-electron chi connectivity index (χ1n) is 8.88. The number of aliphatic carboxylic acids is 1. The number of ether oxygens (including phenoxy) is 2. The van der Waals surface area contributed by atoms with Gasteiger partial charge in [-0.05, 0) is 45.0 Å². The van der Waals surface area contributed by atoms with Gasteiger partial charge in [0.2, 0.25) is 0 Å². The number of methoxy groups -OCH3 is 2. The molecule has 7 heteroatoms. The van der Waals surface area contributed by atoms with Crippen molar-refractivity contribution in [3.05, 3.63) is 23.8 Å². The summed E-state index contributed by atoms with van der Waals surface area (Å²) < 4.78 is 10.5. The SMILES string of the molecule is COc1ccc(C(=O)N2CC[C@@]3(C(=O)O)CCCN(C)[C@H]3C2)c(OC)c1. The normalized spacial score (nSPS) is 26.1. The molecule has 7 nitrogen and oxygen atoms in total. The van der Waals surface area contributed by atoms with Gasteiger partial charge in [0.25, 0.3) is 5.91 Å². The Balaban J connectivity index is 1.85. The van der Waals surface area contributed by atoms with E-state index in [2.05, 4.69) is 4.90 Å². The molecule has 0 bridgehead atoms. The summed E-state index contributed by atoms with van der Waals surface area (Å²) in [6.45, 7) is 1.70. The first kappa shape index (κ1) is 18.5. The molecular weight excluding hydrogens is 336 g/mol. The maximum atomic E-state index is 13.1. The van der Waals surface area contributed by atoms with Crippen LogP contribution in [0.1, 0.15) is 29.6 Å². The predicted molar refractivity (Wildman–Crippen MR) is 95.8 cm³/mol. The minimum atomic E-state index is -0.756. The standard InChI is InChI=1S/C19H26N2O5/c1-20-9-4-7-19(18(23)24)8-10-21(12-16(19)20)17(22)14-6-5-13(25-2)11-15(14)26-3/h5-6,11,16H,4,7-10,12H2,1-3H3,(H,23,24)/t16-,19-/m0/s1. The zero-order chi connectivity index (χ0) is 18.9. The number of hydrogen-bond acceptors (Lipinski definition) is 5. The Morgan fingerprint density at radius 1 is 1.19 bits per heavy atom. The Morgan fingerprint density at radius 2 is 1.96 bits per heavy atom. The molecule has 2 fully saturated rings. The van der Waals surface area contributed by atoms with Gasteiger partial charge in [-0.15, -0.1) is 0 Å². The fourth-order valence-electron chi connectivity index (χ4n) is 4.31. The number of likely N-dealkylation sites (tertiary alicyclic amines) is 2. The Morgan fingerprint density at radius 3 is 2.62 bits per heavy atom. The Labute approximate surface area is 153 Å². The number of amides is 1. The van der Waals surface area contributed by atoms with Crippen LogP contribution in [0.4, 0.5) is 0 Å². The van der Waals surface area contributed by atoms with Gasteiger partial charge < -0.3 is 24.4 Å². The van der Waals surface area contributed by atoms with Gasteiger partial charge in [-0.2, -0.15) is 0 Å². The van der Waals surface area contributed by atoms with Crippen LogP contribution >= 0.6 is 0 Å². The van der Waals surface area contributed by atoms with Crippen molar-refractivity contribution in [2.24, 2.45) is 5.41 Å². The highest BCUT2D eigenvalue weighted by atomic mass is 16.5. The quantitative estimate of drug-likeness (QED) is 0.879. The van der Waals surface area contributed by atoms with E-state index in [4.69, 9.17) is 9.47 Å². The molecule has 0 radical (unpaired) electrons. The van der Waals surface area contributed by atoms with E-state index in [0.29, 0.717) is 43.0 Å². The van der Waals surface area contributed by atoms with Crippen molar-refractivity contribution in [1.82, 2.24) is 9.80 Å². The van der Waals surface area contributed by atoms with Crippen molar-refractivity contribution in [2.45, 2.75) is 25.3 Å². The number of carbonyl (C=O) groups excluding carboxylic acids is 1.